The highest BCUT2D eigenvalue weighted by Gasteiger charge is 2.47. The molecule has 1 aliphatic heterocycles. The highest BCUT2D eigenvalue weighted by molar-refractivity contribution is 6.05. The topological polar surface area (TPSA) is 116 Å². The minimum atomic E-state index is -0.741. The summed E-state index contributed by atoms with van der Waals surface area (Å²) in [6.07, 6.45) is 3.18. The molecular weight excluding hydrogens is 352 g/mol. The van der Waals surface area contributed by atoms with Gasteiger partial charge in [0.1, 0.15) is 11.5 Å². The number of nitrogens with zero attached hydrogens (tertiary/aromatic N) is 1. The van der Waals surface area contributed by atoms with Crippen molar-refractivity contribution in [2.45, 2.75) is 32.1 Å². The van der Waals surface area contributed by atoms with Crippen molar-refractivity contribution in [3.63, 3.8) is 0 Å². The Morgan fingerprint density at radius 3 is 2.33 bits per heavy atom. The second kappa shape index (κ2) is 7.77. The summed E-state index contributed by atoms with van der Waals surface area (Å²) in [6.45, 7) is -0.0284. The maximum Gasteiger partial charge on any atom is 0.313 e. The average Bonchev–Trinajstić information content (AvgIpc) is 2.90. The van der Waals surface area contributed by atoms with Gasteiger partial charge in [0.15, 0.2) is 0 Å². The van der Waals surface area contributed by atoms with E-state index in [0.29, 0.717) is 5.75 Å². The van der Waals surface area contributed by atoms with Crippen molar-refractivity contribution in [3.8, 4) is 11.5 Å². The lowest BCUT2D eigenvalue weighted by Crippen LogP contribution is -2.33. The van der Waals surface area contributed by atoms with E-state index in [0.717, 1.165) is 25.7 Å². The molecule has 8 heteroatoms. The van der Waals surface area contributed by atoms with Crippen molar-refractivity contribution in [2.75, 3.05) is 13.7 Å². The highest BCUT2D eigenvalue weighted by atomic mass is 16.5. The lowest BCUT2D eigenvalue weighted by Gasteiger charge is -2.19. The molecule has 2 atom stereocenters. The molecule has 2 aliphatic rings. The van der Waals surface area contributed by atoms with Gasteiger partial charge < -0.3 is 15.2 Å². The van der Waals surface area contributed by atoms with E-state index < -0.39 is 11.9 Å². The minimum Gasteiger partial charge on any atom is -0.497 e. The quantitative estimate of drug-likeness (QED) is 0.455. The number of carbonyl (C=O) groups is 4. The maximum absolute atomic E-state index is 12.4. The number of methoxy groups -OCH3 is 1. The molecule has 2 fully saturated rings. The van der Waals surface area contributed by atoms with E-state index in [4.69, 9.17) is 15.2 Å². The Hall–Kier alpha value is -2.90. The van der Waals surface area contributed by atoms with Crippen molar-refractivity contribution < 1.29 is 28.7 Å². The zero-order valence-electron chi connectivity index (χ0n) is 15.1. The lowest BCUT2D eigenvalue weighted by atomic mass is 9.81. The third-order valence-corrected chi connectivity index (χ3v) is 5.15. The van der Waals surface area contributed by atoms with Gasteiger partial charge in [-0.25, -0.2) is 0 Å². The number of imide groups is 1. The fraction of sp³-hybridized carbons (Fsp3) is 0.474. The first-order valence-corrected chi connectivity index (χ1v) is 8.96. The van der Waals surface area contributed by atoms with Gasteiger partial charge in [-0.2, -0.15) is 0 Å². The minimum absolute atomic E-state index is 0.0143. The number of ether oxygens (including phenoxy) is 2. The molecule has 1 saturated heterocycles. The molecule has 3 rings (SSSR count). The fourth-order valence-corrected chi connectivity index (χ4v) is 3.75. The molecule has 27 heavy (non-hydrogen) atoms. The van der Waals surface area contributed by atoms with E-state index in [9.17, 15) is 19.2 Å². The molecule has 0 bridgehead atoms. The number of carbonyl (C=O) groups excluding carboxylic acids is 4. The summed E-state index contributed by atoms with van der Waals surface area (Å²) in [5, 5.41) is 0. The number of likely N-dealkylation sites (tertiary alicyclic amines) is 1. The number of fused-ring (bicyclic) bond motifs is 1. The summed E-state index contributed by atoms with van der Waals surface area (Å²) in [7, 11) is 1.44. The summed E-state index contributed by atoms with van der Waals surface area (Å²) >= 11 is 0. The van der Waals surface area contributed by atoms with E-state index in [1.54, 1.807) is 0 Å². The summed E-state index contributed by atoms with van der Waals surface area (Å²) in [6, 6.07) is 4.32. The molecule has 1 aromatic rings. The van der Waals surface area contributed by atoms with Crippen LogP contribution in [-0.4, -0.2) is 42.2 Å². The lowest BCUT2D eigenvalue weighted by molar-refractivity contribution is -0.141. The van der Waals surface area contributed by atoms with Crippen LogP contribution < -0.4 is 15.2 Å². The Morgan fingerprint density at radius 1 is 1.15 bits per heavy atom. The molecule has 0 spiro atoms. The van der Waals surface area contributed by atoms with Crippen molar-refractivity contribution >= 4 is 23.7 Å². The Kier molecular flexibility index (Phi) is 5.43. The smallest absolute Gasteiger partial charge is 0.313 e. The first-order valence-electron chi connectivity index (χ1n) is 8.96. The van der Waals surface area contributed by atoms with Crippen LogP contribution in [0, 0.1) is 11.8 Å². The highest BCUT2D eigenvalue weighted by Crippen LogP contribution is 2.38. The SMILES string of the molecule is COc1ccc(C(N)=O)c(OC(=O)CCN2C(=O)C3CCCCC3C2=O)c1. The van der Waals surface area contributed by atoms with Gasteiger partial charge in [0.2, 0.25) is 11.8 Å². The van der Waals surface area contributed by atoms with Crippen molar-refractivity contribution in [2.24, 2.45) is 17.6 Å². The molecule has 1 aliphatic carbocycles. The molecular formula is C19H22N2O6. The number of amides is 3. The molecule has 1 saturated carbocycles. The number of benzene rings is 1. The van der Waals surface area contributed by atoms with Crippen molar-refractivity contribution in [1.82, 2.24) is 4.90 Å². The van der Waals surface area contributed by atoms with Crippen LogP contribution in [0.1, 0.15) is 42.5 Å². The number of hydrogen-bond donors (Lipinski definition) is 1. The van der Waals surface area contributed by atoms with Crippen LogP contribution in [0.5, 0.6) is 11.5 Å². The molecule has 3 amide bonds. The zero-order valence-corrected chi connectivity index (χ0v) is 15.1. The molecule has 0 radical (unpaired) electrons. The number of rotatable bonds is 6. The molecule has 2 N–H and O–H groups in total. The zero-order chi connectivity index (χ0) is 19.6. The van der Waals surface area contributed by atoms with Crippen LogP contribution in [0.4, 0.5) is 0 Å². The Balaban J connectivity index is 1.64. The van der Waals surface area contributed by atoms with Crippen LogP contribution in [0.3, 0.4) is 0 Å². The monoisotopic (exact) mass is 374 g/mol. The number of hydrogen-bond acceptors (Lipinski definition) is 6. The second-order valence-corrected chi connectivity index (χ2v) is 6.78. The van der Waals surface area contributed by atoms with Gasteiger partial charge in [-0.3, -0.25) is 24.1 Å². The average molecular weight is 374 g/mol. The number of esters is 1. The van der Waals surface area contributed by atoms with Crippen LogP contribution in [-0.2, 0) is 14.4 Å². The van der Waals surface area contributed by atoms with Gasteiger partial charge in [-0.15, -0.1) is 0 Å². The fourth-order valence-electron chi connectivity index (χ4n) is 3.75. The van der Waals surface area contributed by atoms with Crippen molar-refractivity contribution in [1.29, 1.82) is 0 Å². The van der Waals surface area contributed by atoms with E-state index in [1.807, 2.05) is 0 Å². The summed E-state index contributed by atoms with van der Waals surface area (Å²) < 4.78 is 10.3. The van der Waals surface area contributed by atoms with Crippen LogP contribution in [0.2, 0.25) is 0 Å². The third kappa shape index (κ3) is 3.79. The Morgan fingerprint density at radius 2 is 1.78 bits per heavy atom. The standard InChI is InChI=1S/C19H22N2O6/c1-26-11-6-7-14(17(20)23)15(10-11)27-16(22)8-9-21-18(24)12-4-2-3-5-13(12)19(21)25/h6-7,10,12-13H,2-5,8-9H2,1H3,(H2,20,23). The molecule has 8 nitrogen and oxygen atoms in total. The molecule has 144 valence electrons. The maximum atomic E-state index is 12.4. The third-order valence-electron chi connectivity index (χ3n) is 5.15. The Labute approximate surface area is 156 Å². The van der Waals surface area contributed by atoms with Gasteiger partial charge in [0.05, 0.1) is 30.9 Å². The molecule has 0 aromatic heterocycles. The van der Waals surface area contributed by atoms with Gasteiger partial charge in [-0.05, 0) is 25.0 Å². The van der Waals surface area contributed by atoms with E-state index >= 15 is 0 Å². The van der Waals surface area contributed by atoms with Gasteiger partial charge in [0, 0.05) is 12.6 Å². The molecule has 2 unspecified atom stereocenters. The molecule has 1 heterocycles. The van der Waals surface area contributed by atoms with Crippen LogP contribution in [0.25, 0.3) is 0 Å². The van der Waals surface area contributed by atoms with Crippen molar-refractivity contribution in [3.05, 3.63) is 23.8 Å². The molecule has 1 aromatic carbocycles. The van der Waals surface area contributed by atoms with Crippen LogP contribution >= 0.6 is 0 Å². The summed E-state index contributed by atoms with van der Waals surface area (Å²) in [5.74, 6) is -1.91. The van der Waals surface area contributed by atoms with E-state index in [1.165, 1.54) is 30.2 Å². The first kappa shape index (κ1) is 18.9. The number of primary amides is 1. The predicted octanol–water partition coefficient (Wildman–Crippen LogP) is 1.26. The summed E-state index contributed by atoms with van der Waals surface area (Å²) in [5.41, 5.74) is 5.34. The Bertz CT molecular complexity index is 766. The largest absolute Gasteiger partial charge is 0.497 e. The first-order chi connectivity index (χ1) is 12.9. The summed E-state index contributed by atoms with van der Waals surface area (Å²) in [4.78, 5) is 49.7. The second-order valence-electron chi connectivity index (χ2n) is 6.78. The van der Waals surface area contributed by atoms with E-state index in [-0.39, 0.29) is 47.9 Å². The van der Waals surface area contributed by atoms with Gasteiger partial charge in [-0.1, -0.05) is 12.8 Å². The predicted molar refractivity (Wildman–Crippen MR) is 93.9 cm³/mol. The number of nitrogens with two attached hydrogens (primary N) is 1. The van der Waals surface area contributed by atoms with Gasteiger partial charge in [0.25, 0.3) is 5.91 Å². The van der Waals surface area contributed by atoms with Gasteiger partial charge >= 0.3 is 5.97 Å². The van der Waals surface area contributed by atoms with Crippen LogP contribution in [0.15, 0.2) is 18.2 Å². The normalized spacial score (nSPS) is 21.7. The van der Waals surface area contributed by atoms with E-state index in [2.05, 4.69) is 0 Å².